The van der Waals surface area contributed by atoms with Crippen molar-refractivity contribution < 1.29 is 19.0 Å². The Balaban J connectivity index is 2.60. The first-order valence-corrected chi connectivity index (χ1v) is 6.76. The van der Waals surface area contributed by atoms with Crippen molar-refractivity contribution in [2.45, 2.75) is 11.8 Å². The van der Waals surface area contributed by atoms with Gasteiger partial charge in [0, 0.05) is 23.8 Å². The van der Waals surface area contributed by atoms with Crippen LogP contribution in [-0.4, -0.2) is 44.1 Å². The number of ether oxygens (including phenoxy) is 3. The van der Waals surface area contributed by atoms with Crippen molar-refractivity contribution in [3.8, 4) is 11.5 Å². The molecule has 0 aliphatic carbocycles. The van der Waals surface area contributed by atoms with Gasteiger partial charge in [-0.15, -0.1) is 0 Å². The molecule has 19 heavy (non-hydrogen) atoms. The molecule has 6 nitrogen and oxygen atoms in total. The topological polar surface area (TPSA) is 83.7 Å². The summed E-state index contributed by atoms with van der Waals surface area (Å²) >= 11 is 1.48. The van der Waals surface area contributed by atoms with E-state index in [0.717, 1.165) is 5.69 Å². The van der Waals surface area contributed by atoms with E-state index in [1.807, 2.05) is 0 Å². The molecular formula is C12H18N2O4S. The van der Waals surface area contributed by atoms with Gasteiger partial charge in [-0.1, -0.05) is 0 Å². The van der Waals surface area contributed by atoms with E-state index in [-0.39, 0.29) is 0 Å². The lowest BCUT2D eigenvalue weighted by molar-refractivity contribution is -0.141. The van der Waals surface area contributed by atoms with E-state index in [2.05, 4.69) is 9.72 Å². The summed E-state index contributed by atoms with van der Waals surface area (Å²) in [6.07, 6.45) is 1.65. The molecule has 2 N–H and O–H groups in total. The minimum atomic E-state index is -0.633. The molecule has 1 rings (SSSR count). The van der Waals surface area contributed by atoms with Gasteiger partial charge in [0.1, 0.15) is 6.04 Å². The van der Waals surface area contributed by atoms with Gasteiger partial charge in [0.15, 0.2) is 11.5 Å². The molecule has 0 fully saturated rings. The monoisotopic (exact) mass is 286 g/mol. The summed E-state index contributed by atoms with van der Waals surface area (Å²) in [4.78, 5) is 15.4. The smallest absolute Gasteiger partial charge is 0.323 e. The summed E-state index contributed by atoms with van der Waals surface area (Å²) in [5, 5.41) is 0. The normalized spacial score (nSPS) is 11.8. The Labute approximate surface area is 116 Å². The van der Waals surface area contributed by atoms with Gasteiger partial charge in [0.2, 0.25) is 0 Å². The van der Waals surface area contributed by atoms with Crippen LogP contribution in [0.15, 0.2) is 12.3 Å². The average molecular weight is 286 g/mol. The highest BCUT2D eigenvalue weighted by atomic mass is 32.2. The molecule has 1 unspecified atom stereocenters. The lowest BCUT2D eigenvalue weighted by atomic mass is 10.3. The molecule has 0 aromatic carbocycles. The van der Waals surface area contributed by atoms with Crippen molar-refractivity contribution >= 4 is 17.7 Å². The first kappa shape index (κ1) is 15.6. The highest BCUT2D eigenvalue weighted by Gasteiger charge is 2.15. The molecule has 7 heteroatoms. The molecule has 0 saturated heterocycles. The number of thioether (sulfide) groups is 1. The second kappa shape index (κ2) is 7.85. The second-order valence-corrected chi connectivity index (χ2v) is 4.67. The molecule has 0 spiro atoms. The van der Waals surface area contributed by atoms with E-state index >= 15 is 0 Å². The Morgan fingerprint density at radius 2 is 2.16 bits per heavy atom. The van der Waals surface area contributed by atoms with Crippen LogP contribution in [-0.2, 0) is 15.3 Å². The van der Waals surface area contributed by atoms with Crippen LogP contribution in [0.3, 0.4) is 0 Å². The summed E-state index contributed by atoms with van der Waals surface area (Å²) in [6.45, 7) is 0. The number of carbonyl (C=O) groups is 1. The number of nitrogens with zero attached hydrogens (tertiary/aromatic N) is 1. The van der Waals surface area contributed by atoms with E-state index in [1.165, 1.54) is 18.9 Å². The van der Waals surface area contributed by atoms with Crippen molar-refractivity contribution in [2.75, 3.05) is 27.1 Å². The maximum Gasteiger partial charge on any atom is 0.323 e. The van der Waals surface area contributed by atoms with Crippen LogP contribution in [0, 0.1) is 0 Å². The van der Waals surface area contributed by atoms with E-state index in [0.29, 0.717) is 23.0 Å². The quantitative estimate of drug-likeness (QED) is 0.743. The van der Waals surface area contributed by atoms with Crippen LogP contribution < -0.4 is 15.2 Å². The number of hydrogen-bond donors (Lipinski definition) is 1. The summed E-state index contributed by atoms with van der Waals surface area (Å²) < 4.78 is 15.0. The number of nitrogens with two attached hydrogens (primary N) is 1. The summed E-state index contributed by atoms with van der Waals surface area (Å²) in [6, 6.07) is 1.10. The third kappa shape index (κ3) is 4.29. The number of hydrogen-bond acceptors (Lipinski definition) is 7. The summed E-state index contributed by atoms with van der Waals surface area (Å²) in [7, 11) is 4.45. The average Bonchev–Trinajstić information content (AvgIpc) is 2.45. The number of carbonyl (C=O) groups excluding carboxylic acids is 1. The molecule has 0 saturated carbocycles. The highest BCUT2D eigenvalue weighted by molar-refractivity contribution is 7.98. The Bertz CT molecular complexity index is 428. The number of methoxy groups -OCH3 is 3. The van der Waals surface area contributed by atoms with Crippen LogP contribution in [0.25, 0.3) is 0 Å². The van der Waals surface area contributed by atoms with Crippen molar-refractivity contribution in [2.24, 2.45) is 5.73 Å². The molecule has 1 aromatic rings. The van der Waals surface area contributed by atoms with Crippen molar-refractivity contribution in [3.63, 3.8) is 0 Å². The highest BCUT2D eigenvalue weighted by Crippen LogP contribution is 2.31. The van der Waals surface area contributed by atoms with E-state index in [4.69, 9.17) is 15.2 Å². The lowest BCUT2D eigenvalue weighted by Gasteiger charge is -2.12. The molecule has 0 amide bonds. The molecule has 0 radical (unpaired) electrons. The molecule has 1 heterocycles. The Kier molecular flexibility index (Phi) is 6.44. The maximum atomic E-state index is 11.2. The van der Waals surface area contributed by atoms with Gasteiger partial charge < -0.3 is 19.9 Å². The predicted octanol–water partition coefficient (Wildman–Crippen LogP) is 0.832. The van der Waals surface area contributed by atoms with Crippen molar-refractivity contribution in [3.05, 3.63) is 18.0 Å². The molecule has 0 aliphatic heterocycles. The van der Waals surface area contributed by atoms with Crippen molar-refractivity contribution in [1.29, 1.82) is 0 Å². The Morgan fingerprint density at radius 3 is 2.74 bits per heavy atom. The molecule has 106 valence electrons. The van der Waals surface area contributed by atoms with E-state index in [1.54, 1.807) is 26.5 Å². The summed E-state index contributed by atoms with van der Waals surface area (Å²) in [5.41, 5.74) is 6.40. The van der Waals surface area contributed by atoms with E-state index in [9.17, 15) is 4.79 Å². The van der Waals surface area contributed by atoms with Gasteiger partial charge in [-0.3, -0.25) is 9.78 Å². The number of pyridine rings is 1. The van der Waals surface area contributed by atoms with Gasteiger partial charge in [0.25, 0.3) is 0 Å². The van der Waals surface area contributed by atoms with Crippen LogP contribution >= 0.6 is 11.8 Å². The van der Waals surface area contributed by atoms with Gasteiger partial charge in [-0.2, -0.15) is 11.8 Å². The Hall–Kier alpha value is -1.47. The van der Waals surface area contributed by atoms with Gasteiger partial charge in [0.05, 0.1) is 27.0 Å². The first-order valence-electron chi connectivity index (χ1n) is 5.61. The second-order valence-electron chi connectivity index (χ2n) is 3.64. The standard InChI is InChI=1S/C12H18N2O4S/c1-16-10-4-5-14-9(11(10)17-2)7-19-6-8(13)12(15)18-3/h4-5,8H,6-7,13H2,1-3H3. The third-order valence-corrected chi connectivity index (χ3v) is 3.48. The zero-order valence-electron chi connectivity index (χ0n) is 11.2. The lowest BCUT2D eigenvalue weighted by Crippen LogP contribution is -2.33. The maximum absolute atomic E-state index is 11.2. The first-order chi connectivity index (χ1) is 9.13. The molecule has 1 aromatic heterocycles. The fourth-order valence-electron chi connectivity index (χ4n) is 1.46. The van der Waals surface area contributed by atoms with Gasteiger partial charge >= 0.3 is 5.97 Å². The molecule has 0 aliphatic rings. The largest absolute Gasteiger partial charge is 0.493 e. The number of aromatic nitrogens is 1. The molecule has 0 bridgehead atoms. The van der Waals surface area contributed by atoms with E-state index < -0.39 is 12.0 Å². The molecule has 1 atom stereocenters. The summed E-state index contributed by atoms with van der Waals surface area (Å²) in [5.74, 6) is 1.84. The van der Waals surface area contributed by atoms with Crippen LogP contribution in [0.5, 0.6) is 11.5 Å². The zero-order chi connectivity index (χ0) is 14.3. The fraction of sp³-hybridized carbons (Fsp3) is 0.500. The van der Waals surface area contributed by atoms with Crippen LogP contribution in [0.4, 0.5) is 0 Å². The zero-order valence-corrected chi connectivity index (χ0v) is 12.0. The van der Waals surface area contributed by atoms with Crippen LogP contribution in [0.1, 0.15) is 5.69 Å². The SMILES string of the molecule is COC(=O)C(N)CSCc1nccc(OC)c1OC. The predicted molar refractivity (Wildman–Crippen MR) is 73.5 cm³/mol. The number of esters is 1. The van der Waals surface area contributed by atoms with Gasteiger partial charge in [-0.05, 0) is 0 Å². The fourth-order valence-corrected chi connectivity index (χ4v) is 2.36. The molecular weight excluding hydrogens is 268 g/mol. The minimum absolute atomic E-state index is 0.418. The third-order valence-electron chi connectivity index (χ3n) is 2.41. The Morgan fingerprint density at radius 1 is 1.42 bits per heavy atom. The van der Waals surface area contributed by atoms with Gasteiger partial charge in [-0.25, -0.2) is 0 Å². The number of rotatable bonds is 7. The van der Waals surface area contributed by atoms with Crippen molar-refractivity contribution in [1.82, 2.24) is 4.98 Å². The van der Waals surface area contributed by atoms with Crippen LogP contribution in [0.2, 0.25) is 0 Å². The minimum Gasteiger partial charge on any atom is -0.493 e.